The standard InChI is InChI=1S/C9H16ClN3O/c1-13-8(10)6-12-9(13)7-11-4-3-5-14-2/h6,11H,3-5,7H2,1-2H3. The molecule has 0 fully saturated rings. The second-order valence-corrected chi connectivity index (χ2v) is 3.47. The second kappa shape index (κ2) is 6.01. The molecule has 0 aromatic carbocycles. The first kappa shape index (κ1) is 11.5. The lowest BCUT2D eigenvalue weighted by Crippen LogP contribution is -2.18. The van der Waals surface area contributed by atoms with Gasteiger partial charge in [-0.05, 0) is 13.0 Å². The molecule has 1 heterocycles. The Morgan fingerprint density at radius 2 is 2.43 bits per heavy atom. The molecule has 1 aromatic rings. The fourth-order valence-electron chi connectivity index (χ4n) is 1.13. The zero-order valence-corrected chi connectivity index (χ0v) is 9.34. The number of methoxy groups -OCH3 is 1. The molecule has 0 spiro atoms. The third-order valence-corrected chi connectivity index (χ3v) is 2.36. The van der Waals surface area contributed by atoms with Crippen molar-refractivity contribution in [2.24, 2.45) is 7.05 Å². The van der Waals surface area contributed by atoms with E-state index < -0.39 is 0 Å². The van der Waals surface area contributed by atoms with Crippen molar-refractivity contribution in [3.63, 3.8) is 0 Å². The van der Waals surface area contributed by atoms with Gasteiger partial charge >= 0.3 is 0 Å². The Kier molecular flexibility index (Phi) is 4.93. The Bertz CT molecular complexity index is 275. The maximum atomic E-state index is 5.84. The van der Waals surface area contributed by atoms with Crippen LogP contribution in [0, 0.1) is 0 Å². The predicted octanol–water partition coefficient (Wildman–Crippen LogP) is 1.20. The summed E-state index contributed by atoms with van der Waals surface area (Å²) in [6.07, 6.45) is 2.67. The average Bonchev–Trinajstić information content (AvgIpc) is 2.49. The van der Waals surface area contributed by atoms with Gasteiger partial charge in [0.15, 0.2) is 0 Å². The summed E-state index contributed by atoms with van der Waals surface area (Å²) in [4.78, 5) is 4.17. The molecule has 0 radical (unpaired) electrons. The average molecular weight is 218 g/mol. The third-order valence-electron chi connectivity index (χ3n) is 2.01. The van der Waals surface area contributed by atoms with Gasteiger partial charge in [-0.2, -0.15) is 0 Å². The minimum absolute atomic E-state index is 0.665. The van der Waals surface area contributed by atoms with Crippen molar-refractivity contribution in [1.29, 1.82) is 0 Å². The van der Waals surface area contributed by atoms with E-state index in [-0.39, 0.29) is 0 Å². The summed E-state index contributed by atoms with van der Waals surface area (Å²) < 4.78 is 6.81. The molecule has 14 heavy (non-hydrogen) atoms. The zero-order chi connectivity index (χ0) is 10.4. The molecule has 0 bridgehead atoms. The van der Waals surface area contributed by atoms with Crippen molar-refractivity contribution in [3.05, 3.63) is 17.2 Å². The summed E-state index contributed by atoms with van der Waals surface area (Å²) in [5, 5.41) is 3.93. The molecule has 0 aliphatic carbocycles. The van der Waals surface area contributed by atoms with Crippen molar-refractivity contribution in [2.45, 2.75) is 13.0 Å². The van der Waals surface area contributed by atoms with E-state index in [0.717, 1.165) is 31.9 Å². The molecule has 4 nitrogen and oxygen atoms in total. The molecule has 5 heteroatoms. The molecule has 0 aliphatic rings. The molecule has 0 atom stereocenters. The second-order valence-electron chi connectivity index (χ2n) is 3.08. The SMILES string of the molecule is COCCCNCc1ncc(Cl)n1C. The Balaban J connectivity index is 2.21. The molecule has 0 saturated heterocycles. The van der Waals surface area contributed by atoms with E-state index in [1.807, 2.05) is 11.6 Å². The van der Waals surface area contributed by atoms with Crippen LogP contribution >= 0.6 is 11.6 Å². The van der Waals surface area contributed by atoms with Crippen LogP contribution in [0.2, 0.25) is 5.15 Å². The number of ether oxygens (including phenoxy) is 1. The van der Waals surface area contributed by atoms with Crippen molar-refractivity contribution in [1.82, 2.24) is 14.9 Å². The minimum Gasteiger partial charge on any atom is -0.385 e. The van der Waals surface area contributed by atoms with Crippen LogP contribution in [0.25, 0.3) is 0 Å². The van der Waals surface area contributed by atoms with Crippen molar-refractivity contribution in [3.8, 4) is 0 Å². The Morgan fingerprint density at radius 1 is 1.64 bits per heavy atom. The Hall–Kier alpha value is -0.580. The summed E-state index contributed by atoms with van der Waals surface area (Å²) in [6.45, 7) is 2.46. The molecule has 1 N–H and O–H groups in total. The summed E-state index contributed by atoms with van der Waals surface area (Å²) in [5.74, 6) is 0.951. The maximum absolute atomic E-state index is 5.84. The zero-order valence-electron chi connectivity index (χ0n) is 8.59. The molecule has 0 amide bonds. The quantitative estimate of drug-likeness (QED) is 0.728. The van der Waals surface area contributed by atoms with Gasteiger partial charge in [0.05, 0.1) is 12.7 Å². The molecule has 1 rings (SSSR count). The number of aromatic nitrogens is 2. The highest BCUT2D eigenvalue weighted by molar-refractivity contribution is 6.29. The molecular formula is C9H16ClN3O. The van der Waals surface area contributed by atoms with Gasteiger partial charge in [-0.1, -0.05) is 11.6 Å². The lowest BCUT2D eigenvalue weighted by Gasteiger charge is -2.04. The van der Waals surface area contributed by atoms with Crippen LogP contribution in [0.15, 0.2) is 6.20 Å². The van der Waals surface area contributed by atoms with Gasteiger partial charge in [0.25, 0.3) is 0 Å². The van der Waals surface area contributed by atoms with E-state index in [9.17, 15) is 0 Å². The van der Waals surface area contributed by atoms with Crippen LogP contribution in [-0.4, -0.2) is 29.8 Å². The number of halogens is 1. The van der Waals surface area contributed by atoms with Gasteiger partial charge in [0.2, 0.25) is 0 Å². The van der Waals surface area contributed by atoms with Crippen molar-refractivity contribution in [2.75, 3.05) is 20.3 Å². The number of nitrogens with zero attached hydrogens (tertiary/aromatic N) is 2. The summed E-state index contributed by atoms with van der Waals surface area (Å²) in [5.41, 5.74) is 0. The first-order valence-corrected chi connectivity index (χ1v) is 4.99. The number of imidazole rings is 1. The van der Waals surface area contributed by atoms with E-state index in [0.29, 0.717) is 5.15 Å². The van der Waals surface area contributed by atoms with Gasteiger partial charge in [0, 0.05) is 20.8 Å². The lowest BCUT2D eigenvalue weighted by atomic mass is 10.4. The van der Waals surface area contributed by atoms with Gasteiger partial charge in [-0.25, -0.2) is 4.98 Å². The fraction of sp³-hybridized carbons (Fsp3) is 0.667. The number of rotatable bonds is 6. The van der Waals surface area contributed by atoms with Crippen LogP contribution in [0.3, 0.4) is 0 Å². The smallest absolute Gasteiger partial charge is 0.128 e. The first-order valence-electron chi connectivity index (χ1n) is 4.61. The van der Waals surface area contributed by atoms with E-state index in [2.05, 4.69) is 10.3 Å². The van der Waals surface area contributed by atoms with E-state index in [1.165, 1.54) is 0 Å². The Morgan fingerprint density at radius 3 is 3.00 bits per heavy atom. The molecule has 0 saturated carbocycles. The highest BCUT2D eigenvalue weighted by atomic mass is 35.5. The Labute approximate surface area is 89.2 Å². The van der Waals surface area contributed by atoms with Gasteiger partial charge in [-0.15, -0.1) is 0 Å². The van der Waals surface area contributed by atoms with Crippen LogP contribution in [0.4, 0.5) is 0 Å². The lowest BCUT2D eigenvalue weighted by molar-refractivity contribution is 0.194. The van der Waals surface area contributed by atoms with Crippen LogP contribution in [0.1, 0.15) is 12.2 Å². The first-order chi connectivity index (χ1) is 6.75. The molecule has 0 aliphatic heterocycles. The molecular weight excluding hydrogens is 202 g/mol. The minimum atomic E-state index is 0.665. The highest BCUT2D eigenvalue weighted by Gasteiger charge is 2.02. The molecule has 0 unspecified atom stereocenters. The van der Waals surface area contributed by atoms with E-state index in [1.54, 1.807) is 13.3 Å². The number of hydrogen-bond donors (Lipinski definition) is 1. The van der Waals surface area contributed by atoms with Gasteiger partial charge in [0.1, 0.15) is 11.0 Å². The van der Waals surface area contributed by atoms with Gasteiger partial charge < -0.3 is 14.6 Å². The van der Waals surface area contributed by atoms with Crippen LogP contribution in [0.5, 0.6) is 0 Å². The largest absolute Gasteiger partial charge is 0.385 e. The maximum Gasteiger partial charge on any atom is 0.128 e. The third kappa shape index (κ3) is 3.29. The normalized spacial score (nSPS) is 10.8. The van der Waals surface area contributed by atoms with E-state index in [4.69, 9.17) is 16.3 Å². The summed E-state index contributed by atoms with van der Waals surface area (Å²) in [6, 6.07) is 0. The van der Waals surface area contributed by atoms with Gasteiger partial charge in [-0.3, -0.25) is 0 Å². The predicted molar refractivity (Wildman–Crippen MR) is 56.4 cm³/mol. The number of nitrogens with one attached hydrogen (secondary N) is 1. The fourth-order valence-corrected chi connectivity index (χ4v) is 1.28. The van der Waals surface area contributed by atoms with Crippen LogP contribution in [-0.2, 0) is 18.3 Å². The monoisotopic (exact) mass is 217 g/mol. The highest BCUT2D eigenvalue weighted by Crippen LogP contribution is 2.08. The topological polar surface area (TPSA) is 39.1 Å². The van der Waals surface area contributed by atoms with Crippen molar-refractivity contribution < 1.29 is 4.74 Å². The molecule has 1 aromatic heterocycles. The molecule has 80 valence electrons. The van der Waals surface area contributed by atoms with Crippen molar-refractivity contribution >= 4 is 11.6 Å². The van der Waals surface area contributed by atoms with Crippen LogP contribution < -0.4 is 5.32 Å². The number of hydrogen-bond acceptors (Lipinski definition) is 3. The van der Waals surface area contributed by atoms with E-state index >= 15 is 0 Å². The summed E-state index contributed by atoms with van der Waals surface area (Å²) in [7, 11) is 3.61. The summed E-state index contributed by atoms with van der Waals surface area (Å²) >= 11 is 5.84.